The average Bonchev–Trinajstić information content (AvgIpc) is 3.06. The molecular formula is C20H18Cl2N2O. The molecule has 25 heavy (non-hydrogen) atoms. The lowest BCUT2D eigenvalue weighted by molar-refractivity contribution is -0.114. The van der Waals surface area contributed by atoms with Gasteiger partial charge in [0.1, 0.15) is 0 Å². The highest BCUT2D eigenvalue weighted by molar-refractivity contribution is 6.42. The summed E-state index contributed by atoms with van der Waals surface area (Å²) in [4.78, 5) is 11.3. The van der Waals surface area contributed by atoms with Crippen LogP contribution in [-0.2, 0) is 4.79 Å². The normalized spacial score (nSPS) is 23.6. The summed E-state index contributed by atoms with van der Waals surface area (Å²) in [6.07, 6.45) is 5.46. The summed E-state index contributed by atoms with van der Waals surface area (Å²) >= 11 is 12.7. The number of amides is 1. The third-order valence-corrected chi connectivity index (χ3v) is 5.83. The molecule has 3 nitrogen and oxygen atoms in total. The summed E-state index contributed by atoms with van der Waals surface area (Å²) in [5.41, 5.74) is 4.14. The van der Waals surface area contributed by atoms with E-state index in [0.29, 0.717) is 21.9 Å². The predicted octanol–water partition coefficient (Wildman–Crippen LogP) is 5.78. The first-order valence-electron chi connectivity index (χ1n) is 8.33. The molecule has 4 rings (SSSR count). The van der Waals surface area contributed by atoms with Gasteiger partial charge in [0, 0.05) is 24.2 Å². The quantitative estimate of drug-likeness (QED) is 0.656. The monoisotopic (exact) mass is 372 g/mol. The SMILES string of the molecule is CC(=O)Nc1ccc2c(c1)[C@@H]1C=CC[C@H]1[C@H](c1cccc(Cl)c1Cl)N2. The number of benzene rings is 2. The Morgan fingerprint density at radius 2 is 2.04 bits per heavy atom. The van der Waals surface area contributed by atoms with E-state index in [9.17, 15) is 4.79 Å². The average molecular weight is 373 g/mol. The van der Waals surface area contributed by atoms with Crippen molar-refractivity contribution in [3.05, 3.63) is 69.7 Å². The molecule has 0 aromatic heterocycles. The van der Waals surface area contributed by atoms with Crippen molar-refractivity contribution < 1.29 is 4.79 Å². The van der Waals surface area contributed by atoms with Gasteiger partial charge in [-0.25, -0.2) is 0 Å². The first-order chi connectivity index (χ1) is 12.0. The summed E-state index contributed by atoms with van der Waals surface area (Å²) < 4.78 is 0. The van der Waals surface area contributed by atoms with Crippen molar-refractivity contribution in [2.24, 2.45) is 5.92 Å². The van der Waals surface area contributed by atoms with E-state index < -0.39 is 0 Å². The molecule has 2 aromatic rings. The zero-order valence-electron chi connectivity index (χ0n) is 13.7. The Bertz CT molecular complexity index is 878. The lowest BCUT2D eigenvalue weighted by atomic mass is 9.77. The Kier molecular flexibility index (Phi) is 4.22. The molecule has 0 radical (unpaired) electrons. The highest BCUT2D eigenvalue weighted by Gasteiger charge is 2.38. The molecule has 2 aromatic carbocycles. The van der Waals surface area contributed by atoms with Gasteiger partial charge < -0.3 is 10.6 Å². The number of fused-ring (bicyclic) bond motifs is 3. The third-order valence-electron chi connectivity index (χ3n) is 5.00. The molecule has 5 heteroatoms. The van der Waals surface area contributed by atoms with Gasteiger partial charge in [-0.2, -0.15) is 0 Å². The molecule has 3 atom stereocenters. The fourth-order valence-electron chi connectivity index (χ4n) is 3.94. The summed E-state index contributed by atoms with van der Waals surface area (Å²) in [7, 11) is 0. The van der Waals surface area contributed by atoms with Crippen LogP contribution in [0.4, 0.5) is 11.4 Å². The number of carbonyl (C=O) groups excluding carboxylic acids is 1. The topological polar surface area (TPSA) is 41.1 Å². The Hall–Kier alpha value is -1.97. The minimum atomic E-state index is -0.0641. The molecule has 1 heterocycles. The van der Waals surface area contributed by atoms with Gasteiger partial charge in [-0.1, -0.05) is 47.5 Å². The minimum Gasteiger partial charge on any atom is -0.378 e. The van der Waals surface area contributed by atoms with E-state index in [1.165, 1.54) is 12.5 Å². The van der Waals surface area contributed by atoms with E-state index in [4.69, 9.17) is 23.2 Å². The smallest absolute Gasteiger partial charge is 0.221 e. The lowest BCUT2D eigenvalue weighted by Gasteiger charge is -2.38. The van der Waals surface area contributed by atoms with E-state index in [2.05, 4.69) is 28.9 Å². The van der Waals surface area contributed by atoms with Gasteiger partial charge in [-0.3, -0.25) is 4.79 Å². The Balaban J connectivity index is 1.76. The molecule has 0 bridgehead atoms. The van der Waals surface area contributed by atoms with Crippen LogP contribution in [0.5, 0.6) is 0 Å². The van der Waals surface area contributed by atoms with Gasteiger partial charge >= 0.3 is 0 Å². The maximum absolute atomic E-state index is 11.3. The van der Waals surface area contributed by atoms with Crippen molar-refractivity contribution in [2.45, 2.75) is 25.3 Å². The second-order valence-corrected chi connectivity index (χ2v) is 7.39. The molecule has 0 unspecified atom stereocenters. The van der Waals surface area contributed by atoms with E-state index >= 15 is 0 Å². The standard InChI is InChI=1S/C20H18Cl2N2O/c1-11(25)23-12-8-9-18-16(10-12)13-4-2-5-14(13)20(24-18)15-6-3-7-17(21)19(15)22/h2-4,6-10,13-14,20,24H,5H2,1H3,(H,23,25)/t13-,14-,20-/m1/s1. The second-order valence-electron chi connectivity index (χ2n) is 6.60. The van der Waals surface area contributed by atoms with Gasteiger partial charge in [-0.05, 0) is 47.7 Å². The summed E-state index contributed by atoms with van der Waals surface area (Å²) in [6, 6.07) is 11.9. The fraction of sp³-hybridized carbons (Fsp3) is 0.250. The number of nitrogens with one attached hydrogen (secondary N) is 2. The molecular weight excluding hydrogens is 355 g/mol. The number of rotatable bonds is 2. The first kappa shape index (κ1) is 16.5. The summed E-state index contributed by atoms with van der Waals surface area (Å²) in [5.74, 6) is 0.604. The maximum atomic E-state index is 11.3. The Morgan fingerprint density at radius 1 is 1.20 bits per heavy atom. The Labute approximate surface area is 157 Å². The van der Waals surface area contributed by atoms with Crippen LogP contribution >= 0.6 is 23.2 Å². The van der Waals surface area contributed by atoms with Gasteiger partial charge in [-0.15, -0.1) is 0 Å². The Morgan fingerprint density at radius 3 is 2.84 bits per heavy atom. The van der Waals surface area contributed by atoms with Crippen molar-refractivity contribution in [1.82, 2.24) is 0 Å². The van der Waals surface area contributed by atoms with Crippen LogP contribution in [-0.4, -0.2) is 5.91 Å². The van der Waals surface area contributed by atoms with Gasteiger partial charge in [0.15, 0.2) is 0 Å². The molecule has 1 aliphatic heterocycles. The van der Waals surface area contributed by atoms with Crippen LogP contribution < -0.4 is 10.6 Å². The molecule has 2 N–H and O–H groups in total. The van der Waals surface area contributed by atoms with Crippen molar-refractivity contribution >= 4 is 40.5 Å². The van der Waals surface area contributed by atoms with Crippen LogP contribution in [0.1, 0.15) is 36.4 Å². The van der Waals surface area contributed by atoms with Crippen molar-refractivity contribution in [1.29, 1.82) is 0 Å². The second kappa shape index (κ2) is 6.40. The first-order valence-corrected chi connectivity index (χ1v) is 9.09. The molecule has 0 spiro atoms. The largest absolute Gasteiger partial charge is 0.378 e. The van der Waals surface area contributed by atoms with E-state index in [0.717, 1.165) is 23.4 Å². The minimum absolute atomic E-state index is 0.0641. The van der Waals surface area contributed by atoms with E-state index in [-0.39, 0.29) is 11.9 Å². The number of hydrogen-bond acceptors (Lipinski definition) is 2. The van der Waals surface area contributed by atoms with E-state index in [1.807, 2.05) is 30.3 Å². The summed E-state index contributed by atoms with van der Waals surface area (Å²) in [6.45, 7) is 1.52. The van der Waals surface area contributed by atoms with Crippen LogP contribution in [0.25, 0.3) is 0 Å². The highest BCUT2D eigenvalue weighted by atomic mass is 35.5. The molecule has 0 saturated carbocycles. The molecule has 0 fully saturated rings. The number of allylic oxidation sites excluding steroid dienone is 2. The van der Waals surface area contributed by atoms with Crippen molar-refractivity contribution in [3.8, 4) is 0 Å². The number of hydrogen-bond donors (Lipinski definition) is 2. The fourth-order valence-corrected chi connectivity index (χ4v) is 4.37. The lowest BCUT2D eigenvalue weighted by Crippen LogP contribution is -2.29. The van der Waals surface area contributed by atoms with Crippen molar-refractivity contribution in [2.75, 3.05) is 10.6 Å². The molecule has 2 aliphatic rings. The van der Waals surface area contributed by atoms with Gasteiger partial charge in [0.2, 0.25) is 5.91 Å². The van der Waals surface area contributed by atoms with Crippen LogP contribution in [0.15, 0.2) is 48.6 Å². The summed E-state index contributed by atoms with van der Waals surface area (Å²) in [5, 5.41) is 7.70. The molecule has 128 valence electrons. The van der Waals surface area contributed by atoms with Crippen LogP contribution in [0.2, 0.25) is 10.0 Å². The van der Waals surface area contributed by atoms with E-state index in [1.54, 1.807) is 0 Å². The van der Waals surface area contributed by atoms with Crippen LogP contribution in [0.3, 0.4) is 0 Å². The molecule has 0 saturated heterocycles. The number of halogens is 2. The zero-order valence-corrected chi connectivity index (χ0v) is 15.2. The highest BCUT2D eigenvalue weighted by Crippen LogP contribution is 2.51. The molecule has 1 aliphatic carbocycles. The molecule has 1 amide bonds. The zero-order chi connectivity index (χ0) is 17.6. The number of carbonyl (C=O) groups is 1. The predicted molar refractivity (Wildman–Crippen MR) is 104 cm³/mol. The van der Waals surface area contributed by atoms with Crippen LogP contribution in [0, 0.1) is 5.92 Å². The third kappa shape index (κ3) is 2.92. The number of anilines is 2. The maximum Gasteiger partial charge on any atom is 0.221 e. The van der Waals surface area contributed by atoms with Gasteiger partial charge in [0.25, 0.3) is 0 Å². The van der Waals surface area contributed by atoms with Crippen molar-refractivity contribution in [3.63, 3.8) is 0 Å². The van der Waals surface area contributed by atoms with Gasteiger partial charge in [0.05, 0.1) is 16.1 Å².